The van der Waals surface area contributed by atoms with E-state index in [1.807, 2.05) is 58.0 Å². The number of rotatable bonds is 11. The molecule has 0 radical (unpaired) electrons. The molecule has 2 rings (SSSR count). The highest BCUT2D eigenvalue weighted by molar-refractivity contribution is 5.92. The van der Waals surface area contributed by atoms with E-state index in [1.165, 1.54) is 11.0 Å². The Morgan fingerprint density at radius 1 is 1.00 bits per heavy atom. The minimum atomic E-state index is -0.980. The molecule has 3 atom stereocenters. The summed E-state index contributed by atoms with van der Waals surface area (Å²) < 4.78 is 5.47. The molecule has 3 N–H and O–H groups in total. The molecular formula is C31H45N3O5. The number of ether oxygens (including phenoxy) is 1. The Hall–Kier alpha value is -3.55. The highest BCUT2D eigenvalue weighted by Crippen LogP contribution is 2.29. The normalized spacial score (nSPS) is 13.8. The maximum atomic E-state index is 14.3. The summed E-state index contributed by atoms with van der Waals surface area (Å²) in [7, 11) is 0. The maximum Gasteiger partial charge on any atom is 0.408 e. The van der Waals surface area contributed by atoms with Gasteiger partial charge in [-0.2, -0.15) is 0 Å². The molecule has 2 aromatic carbocycles. The van der Waals surface area contributed by atoms with Gasteiger partial charge in [0.05, 0.1) is 0 Å². The zero-order valence-electron chi connectivity index (χ0n) is 24.6. The van der Waals surface area contributed by atoms with E-state index in [1.54, 1.807) is 39.8 Å². The first-order valence-corrected chi connectivity index (χ1v) is 13.7. The third-order valence-electron chi connectivity index (χ3n) is 6.26. The molecular weight excluding hydrogens is 494 g/mol. The highest BCUT2D eigenvalue weighted by Gasteiger charge is 2.38. The number of amides is 3. The van der Waals surface area contributed by atoms with Crippen molar-refractivity contribution in [2.24, 2.45) is 0 Å². The number of phenolic OH excluding ortho intramolecular Hbond substituents is 1. The monoisotopic (exact) mass is 539 g/mol. The number of nitrogens with zero attached hydrogens (tertiary/aromatic N) is 1. The van der Waals surface area contributed by atoms with Crippen LogP contribution in [0.15, 0.2) is 48.5 Å². The number of carbonyl (C=O) groups is 3. The van der Waals surface area contributed by atoms with Gasteiger partial charge in [-0.3, -0.25) is 9.59 Å². The van der Waals surface area contributed by atoms with Gasteiger partial charge in [0.1, 0.15) is 23.4 Å². The lowest BCUT2D eigenvalue weighted by Crippen LogP contribution is -2.56. The molecule has 214 valence electrons. The molecule has 0 aliphatic carbocycles. The summed E-state index contributed by atoms with van der Waals surface area (Å²) in [5, 5.41) is 16.0. The summed E-state index contributed by atoms with van der Waals surface area (Å²) in [4.78, 5) is 42.4. The first kappa shape index (κ1) is 31.7. The van der Waals surface area contributed by atoms with Crippen molar-refractivity contribution in [2.75, 3.05) is 0 Å². The fraction of sp³-hybridized carbons (Fsp3) is 0.516. The lowest BCUT2D eigenvalue weighted by molar-refractivity contribution is -0.144. The van der Waals surface area contributed by atoms with Crippen LogP contribution >= 0.6 is 0 Å². The summed E-state index contributed by atoms with van der Waals surface area (Å²) in [6.45, 7) is 14.7. The van der Waals surface area contributed by atoms with Gasteiger partial charge < -0.3 is 25.4 Å². The molecule has 8 nitrogen and oxygen atoms in total. The van der Waals surface area contributed by atoms with Gasteiger partial charge in [-0.1, -0.05) is 49.7 Å². The van der Waals surface area contributed by atoms with E-state index in [0.29, 0.717) is 11.1 Å². The van der Waals surface area contributed by atoms with Crippen molar-refractivity contribution in [3.8, 4) is 5.75 Å². The summed E-state index contributed by atoms with van der Waals surface area (Å²) in [6.07, 6.45) is 1.20. The number of carbonyl (C=O) groups excluding carboxylic acids is 3. The van der Waals surface area contributed by atoms with Crippen LogP contribution in [-0.2, 0) is 20.7 Å². The van der Waals surface area contributed by atoms with Crippen LogP contribution in [0.5, 0.6) is 5.75 Å². The van der Waals surface area contributed by atoms with Crippen LogP contribution in [0.3, 0.4) is 0 Å². The average molecular weight is 540 g/mol. The summed E-state index contributed by atoms with van der Waals surface area (Å²) >= 11 is 0. The number of alkyl carbamates (subject to hydrolysis) is 1. The van der Waals surface area contributed by atoms with Crippen LogP contribution in [-0.4, -0.2) is 51.6 Å². The van der Waals surface area contributed by atoms with Crippen molar-refractivity contribution < 1.29 is 24.2 Å². The number of aryl methyl sites for hydroxylation is 1. The van der Waals surface area contributed by atoms with E-state index in [-0.39, 0.29) is 30.2 Å². The van der Waals surface area contributed by atoms with E-state index in [9.17, 15) is 19.5 Å². The van der Waals surface area contributed by atoms with Crippen LogP contribution in [0.2, 0.25) is 0 Å². The molecule has 2 aromatic rings. The zero-order valence-corrected chi connectivity index (χ0v) is 24.6. The van der Waals surface area contributed by atoms with Gasteiger partial charge >= 0.3 is 6.09 Å². The lowest BCUT2D eigenvalue weighted by atomic mass is 9.97. The molecule has 3 amide bonds. The largest absolute Gasteiger partial charge is 0.508 e. The van der Waals surface area contributed by atoms with Crippen molar-refractivity contribution in [1.82, 2.24) is 15.5 Å². The van der Waals surface area contributed by atoms with Gasteiger partial charge in [0, 0.05) is 18.5 Å². The van der Waals surface area contributed by atoms with Gasteiger partial charge in [-0.25, -0.2) is 4.79 Å². The summed E-state index contributed by atoms with van der Waals surface area (Å²) in [5.74, 6) is -0.624. The third kappa shape index (κ3) is 9.61. The van der Waals surface area contributed by atoms with Crippen LogP contribution in [0.4, 0.5) is 4.79 Å². The molecule has 0 saturated heterocycles. The summed E-state index contributed by atoms with van der Waals surface area (Å²) in [6, 6.07) is 11.9. The van der Waals surface area contributed by atoms with E-state index in [2.05, 4.69) is 10.6 Å². The second kappa shape index (κ2) is 14.0. The first-order valence-electron chi connectivity index (χ1n) is 13.7. The van der Waals surface area contributed by atoms with Gasteiger partial charge in [0.15, 0.2) is 0 Å². The molecule has 0 aromatic heterocycles. The highest BCUT2D eigenvalue weighted by atomic mass is 16.6. The number of hydrogen-bond donors (Lipinski definition) is 3. The predicted octanol–water partition coefficient (Wildman–Crippen LogP) is 5.42. The van der Waals surface area contributed by atoms with Gasteiger partial charge in [0.2, 0.25) is 11.8 Å². The van der Waals surface area contributed by atoms with Crippen molar-refractivity contribution in [1.29, 1.82) is 0 Å². The van der Waals surface area contributed by atoms with Gasteiger partial charge in [0.25, 0.3) is 0 Å². The van der Waals surface area contributed by atoms with E-state index in [4.69, 9.17) is 4.74 Å². The topological polar surface area (TPSA) is 108 Å². The Kier molecular flexibility index (Phi) is 11.4. The molecule has 0 fully saturated rings. The molecule has 0 heterocycles. The second-order valence-electron chi connectivity index (χ2n) is 11.4. The Morgan fingerprint density at radius 3 is 2.18 bits per heavy atom. The maximum absolute atomic E-state index is 14.3. The van der Waals surface area contributed by atoms with Crippen LogP contribution < -0.4 is 10.6 Å². The fourth-order valence-electron chi connectivity index (χ4n) is 4.47. The number of aromatic hydroxyl groups is 1. The molecule has 0 aliphatic heterocycles. The Bertz CT molecular complexity index is 1110. The van der Waals surface area contributed by atoms with Crippen molar-refractivity contribution >= 4 is 17.9 Å². The second-order valence-corrected chi connectivity index (χ2v) is 11.4. The van der Waals surface area contributed by atoms with Crippen LogP contribution in [0, 0.1) is 6.92 Å². The van der Waals surface area contributed by atoms with Gasteiger partial charge in [-0.15, -0.1) is 0 Å². The first-order chi connectivity index (χ1) is 18.2. The van der Waals surface area contributed by atoms with Crippen molar-refractivity contribution in [3.05, 3.63) is 65.2 Å². The molecule has 0 bridgehead atoms. The van der Waals surface area contributed by atoms with Crippen LogP contribution in [0.25, 0.3) is 0 Å². The number of hydrogen-bond acceptors (Lipinski definition) is 5. The standard InChI is InChI=1S/C31H45N3O5/c1-9-13-22(5)32-28(36)27(24-16-17-26(35)21(4)18-24)34(20(2)3)29(37)25(19-23-14-11-10-12-15-23)33-30(38)39-31(6,7)8/h10-12,14-18,20,22,25,27,35H,9,13,19H2,1-8H3,(H,32,36)(H,33,38). The minimum Gasteiger partial charge on any atom is -0.508 e. The number of benzene rings is 2. The Labute approximate surface area is 233 Å². The Morgan fingerprint density at radius 2 is 1.64 bits per heavy atom. The quantitative estimate of drug-likeness (QED) is 0.353. The number of phenols is 1. The van der Waals surface area contributed by atoms with E-state index in [0.717, 1.165) is 18.4 Å². The lowest BCUT2D eigenvalue weighted by Gasteiger charge is -2.38. The average Bonchev–Trinajstić information content (AvgIpc) is 2.82. The molecule has 0 spiro atoms. The van der Waals surface area contributed by atoms with Crippen molar-refractivity contribution in [2.45, 2.75) is 104 Å². The number of nitrogens with one attached hydrogen (secondary N) is 2. The van der Waals surface area contributed by atoms with Crippen molar-refractivity contribution in [3.63, 3.8) is 0 Å². The zero-order chi connectivity index (χ0) is 29.3. The third-order valence-corrected chi connectivity index (χ3v) is 6.26. The predicted molar refractivity (Wildman–Crippen MR) is 153 cm³/mol. The minimum absolute atomic E-state index is 0.0904. The Balaban J connectivity index is 2.56. The fourth-order valence-corrected chi connectivity index (χ4v) is 4.47. The smallest absolute Gasteiger partial charge is 0.408 e. The van der Waals surface area contributed by atoms with E-state index >= 15 is 0 Å². The van der Waals surface area contributed by atoms with Gasteiger partial charge in [-0.05, 0) is 83.7 Å². The molecule has 0 saturated carbocycles. The molecule has 3 unspecified atom stereocenters. The van der Waals surface area contributed by atoms with Crippen LogP contribution in [0.1, 0.15) is 84.0 Å². The molecule has 39 heavy (non-hydrogen) atoms. The SMILES string of the molecule is CCCC(C)NC(=O)C(c1ccc(O)c(C)c1)N(C(=O)C(Cc1ccccc1)NC(=O)OC(C)(C)C)C(C)C. The summed E-state index contributed by atoms with van der Waals surface area (Å²) in [5.41, 5.74) is 1.28. The molecule has 8 heteroatoms. The molecule has 0 aliphatic rings. The van der Waals surface area contributed by atoms with E-state index < -0.39 is 29.7 Å².